The van der Waals surface area contributed by atoms with E-state index in [9.17, 15) is 18.0 Å². The van der Waals surface area contributed by atoms with Gasteiger partial charge in [-0.2, -0.15) is 4.31 Å². The number of fused-ring (bicyclic) bond motifs is 1. The van der Waals surface area contributed by atoms with Gasteiger partial charge in [0.05, 0.1) is 4.90 Å². The van der Waals surface area contributed by atoms with Crippen molar-refractivity contribution in [3.63, 3.8) is 0 Å². The fraction of sp³-hybridized carbons (Fsp3) is 0.391. The molecule has 1 N–H and O–H groups in total. The number of carbonyl (C=O) groups excluding carboxylic acids is 2. The summed E-state index contributed by atoms with van der Waals surface area (Å²) in [5.74, 6) is -0.359. The van der Waals surface area contributed by atoms with Crippen LogP contribution >= 0.6 is 11.6 Å². The van der Waals surface area contributed by atoms with Crippen molar-refractivity contribution in [1.29, 1.82) is 0 Å². The number of rotatable bonds is 6. The SMILES string of the molecule is O=C(NCCC(=O)N1CCCc2cc(S(=O)(=O)N3CCCC3)ccc21)c1ccc(Cl)cc1. The highest BCUT2D eigenvalue weighted by molar-refractivity contribution is 7.89. The standard InChI is InChI=1S/C23H26ClN3O4S/c24-19-7-5-17(6-8-19)23(29)25-12-11-22(28)27-15-3-4-18-16-20(9-10-21(18)27)32(30,31)26-13-1-2-14-26/h5-10,16H,1-4,11-15H2,(H,25,29). The minimum absolute atomic E-state index is 0.0995. The number of amides is 2. The van der Waals surface area contributed by atoms with Crippen molar-refractivity contribution in [2.75, 3.05) is 31.1 Å². The molecule has 32 heavy (non-hydrogen) atoms. The lowest BCUT2D eigenvalue weighted by molar-refractivity contribution is -0.118. The smallest absolute Gasteiger partial charge is 0.251 e. The van der Waals surface area contributed by atoms with Gasteiger partial charge < -0.3 is 10.2 Å². The lowest BCUT2D eigenvalue weighted by atomic mass is 10.0. The van der Waals surface area contributed by atoms with Crippen molar-refractivity contribution >= 4 is 39.1 Å². The molecule has 170 valence electrons. The molecule has 0 saturated carbocycles. The van der Waals surface area contributed by atoms with Crippen LogP contribution in [-0.2, 0) is 21.2 Å². The number of aryl methyl sites for hydroxylation is 1. The third kappa shape index (κ3) is 4.82. The molecule has 7 nitrogen and oxygen atoms in total. The van der Waals surface area contributed by atoms with Crippen LogP contribution in [0.15, 0.2) is 47.4 Å². The molecule has 9 heteroatoms. The quantitative estimate of drug-likeness (QED) is 0.695. The Kier molecular flexibility index (Phi) is 6.83. The molecule has 0 bridgehead atoms. The van der Waals surface area contributed by atoms with Crippen molar-refractivity contribution < 1.29 is 18.0 Å². The van der Waals surface area contributed by atoms with Gasteiger partial charge in [-0.3, -0.25) is 9.59 Å². The van der Waals surface area contributed by atoms with Gasteiger partial charge >= 0.3 is 0 Å². The van der Waals surface area contributed by atoms with Crippen LogP contribution in [0.3, 0.4) is 0 Å². The number of halogens is 1. The Bertz CT molecular complexity index is 1110. The van der Waals surface area contributed by atoms with Crippen molar-refractivity contribution in [1.82, 2.24) is 9.62 Å². The van der Waals surface area contributed by atoms with Crippen LogP contribution in [0.25, 0.3) is 0 Å². The Morgan fingerprint density at radius 3 is 2.41 bits per heavy atom. The molecule has 0 radical (unpaired) electrons. The van der Waals surface area contributed by atoms with Gasteiger partial charge in [-0.25, -0.2) is 8.42 Å². The van der Waals surface area contributed by atoms with Gasteiger partial charge in [0.25, 0.3) is 5.91 Å². The number of nitrogens with one attached hydrogen (secondary N) is 1. The van der Waals surface area contributed by atoms with E-state index in [0.717, 1.165) is 36.9 Å². The molecule has 0 atom stereocenters. The number of hydrogen-bond donors (Lipinski definition) is 1. The van der Waals surface area contributed by atoms with Crippen LogP contribution in [-0.4, -0.2) is 50.7 Å². The van der Waals surface area contributed by atoms with E-state index in [0.29, 0.717) is 35.1 Å². The molecule has 2 aliphatic heterocycles. The molecule has 2 aliphatic rings. The maximum absolute atomic E-state index is 12.9. The summed E-state index contributed by atoms with van der Waals surface area (Å²) in [7, 11) is -3.49. The van der Waals surface area contributed by atoms with E-state index in [1.807, 2.05) is 0 Å². The maximum Gasteiger partial charge on any atom is 0.251 e. The number of nitrogens with zero attached hydrogens (tertiary/aromatic N) is 2. The Labute approximate surface area is 193 Å². The molecule has 2 amide bonds. The van der Waals surface area contributed by atoms with Gasteiger partial charge in [-0.1, -0.05) is 11.6 Å². The van der Waals surface area contributed by atoms with E-state index in [4.69, 9.17) is 11.6 Å². The average Bonchev–Trinajstić information content (AvgIpc) is 3.34. The molecule has 0 aliphatic carbocycles. The molecule has 0 unspecified atom stereocenters. The van der Waals surface area contributed by atoms with Crippen LogP contribution < -0.4 is 10.2 Å². The first kappa shape index (κ1) is 22.8. The molecule has 1 fully saturated rings. The molecule has 2 aromatic carbocycles. The first-order chi connectivity index (χ1) is 15.4. The molecule has 0 spiro atoms. The maximum atomic E-state index is 12.9. The third-order valence-electron chi connectivity index (χ3n) is 5.90. The summed E-state index contributed by atoms with van der Waals surface area (Å²) < 4.78 is 27.3. The minimum Gasteiger partial charge on any atom is -0.352 e. The molecule has 1 saturated heterocycles. The predicted octanol–water partition coefficient (Wildman–Crippen LogP) is 3.22. The van der Waals surface area contributed by atoms with E-state index in [2.05, 4.69) is 5.32 Å². The fourth-order valence-electron chi connectivity index (χ4n) is 4.19. The monoisotopic (exact) mass is 475 g/mol. The largest absolute Gasteiger partial charge is 0.352 e. The Hall–Kier alpha value is -2.42. The number of carbonyl (C=O) groups is 2. The van der Waals surface area contributed by atoms with Gasteiger partial charge in [0.15, 0.2) is 0 Å². The van der Waals surface area contributed by atoms with E-state index in [-0.39, 0.29) is 24.8 Å². The Morgan fingerprint density at radius 2 is 1.69 bits per heavy atom. The predicted molar refractivity (Wildman–Crippen MR) is 124 cm³/mol. The highest BCUT2D eigenvalue weighted by Gasteiger charge is 2.29. The summed E-state index contributed by atoms with van der Waals surface area (Å²) in [6.07, 6.45) is 3.44. The van der Waals surface area contributed by atoms with E-state index in [1.54, 1.807) is 47.4 Å². The molecule has 4 rings (SSSR count). The number of anilines is 1. The van der Waals surface area contributed by atoms with Crippen LogP contribution in [0.5, 0.6) is 0 Å². The van der Waals surface area contributed by atoms with Gasteiger partial charge in [0, 0.05) is 48.9 Å². The van der Waals surface area contributed by atoms with E-state index < -0.39 is 10.0 Å². The summed E-state index contributed by atoms with van der Waals surface area (Å²) in [6, 6.07) is 11.6. The first-order valence-corrected chi connectivity index (χ1v) is 12.7. The molecular weight excluding hydrogens is 450 g/mol. The van der Waals surface area contributed by atoms with Crippen LogP contribution in [0, 0.1) is 0 Å². The summed E-state index contributed by atoms with van der Waals surface area (Å²) in [5, 5.41) is 3.31. The topological polar surface area (TPSA) is 86.8 Å². The highest BCUT2D eigenvalue weighted by Crippen LogP contribution is 2.31. The zero-order valence-electron chi connectivity index (χ0n) is 17.7. The van der Waals surface area contributed by atoms with Gasteiger partial charge in [-0.05, 0) is 73.7 Å². The van der Waals surface area contributed by atoms with E-state index in [1.165, 1.54) is 4.31 Å². The van der Waals surface area contributed by atoms with Crippen LogP contribution in [0.2, 0.25) is 5.02 Å². The van der Waals surface area contributed by atoms with Crippen molar-refractivity contribution in [3.8, 4) is 0 Å². The molecule has 2 aromatic rings. The lowest BCUT2D eigenvalue weighted by Gasteiger charge is -2.30. The van der Waals surface area contributed by atoms with Crippen molar-refractivity contribution in [2.45, 2.75) is 37.0 Å². The van der Waals surface area contributed by atoms with Crippen LogP contribution in [0.4, 0.5) is 5.69 Å². The Balaban J connectivity index is 1.40. The minimum atomic E-state index is -3.49. The van der Waals surface area contributed by atoms with Gasteiger partial charge in [0.1, 0.15) is 0 Å². The summed E-state index contributed by atoms with van der Waals surface area (Å²) in [6.45, 7) is 1.92. The third-order valence-corrected chi connectivity index (χ3v) is 8.05. The molecular formula is C23H26ClN3O4S. The summed E-state index contributed by atoms with van der Waals surface area (Å²) >= 11 is 5.84. The second kappa shape index (κ2) is 9.60. The fourth-order valence-corrected chi connectivity index (χ4v) is 5.89. The normalized spacial score (nSPS) is 16.6. The van der Waals surface area contributed by atoms with Gasteiger partial charge in [-0.15, -0.1) is 0 Å². The zero-order chi connectivity index (χ0) is 22.7. The number of sulfonamides is 1. The summed E-state index contributed by atoms with van der Waals surface area (Å²) in [5.41, 5.74) is 2.11. The van der Waals surface area contributed by atoms with Crippen molar-refractivity contribution in [2.24, 2.45) is 0 Å². The highest BCUT2D eigenvalue weighted by atomic mass is 35.5. The van der Waals surface area contributed by atoms with Gasteiger partial charge in [0.2, 0.25) is 15.9 Å². The van der Waals surface area contributed by atoms with Crippen molar-refractivity contribution in [3.05, 3.63) is 58.6 Å². The molecule has 2 heterocycles. The zero-order valence-corrected chi connectivity index (χ0v) is 19.3. The second-order valence-electron chi connectivity index (χ2n) is 8.06. The Morgan fingerprint density at radius 1 is 0.969 bits per heavy atom. The second-order valence-corrected chi connectivity index (χ2v) is 10.4. The lowest BCUT2D eigenvalue weighted by Crippen LogP contribution is -2.38. The summed E-state index contributed by atoms with van der Waals surface area (Å²) in [4.78, 5) is 27.0. The first-order valence-electron chi connectivity index (χ1n) is 10.8. The van der Waals surface area contributed by atoms with E-state index >= 15 is 0 Å². The molecule has 0 aromatic heterocycles. The average molecular weight is 476 g/mol. The number of benzene rings is 2. The van der Waals surface area contributed by atoms with Crippen LogP contribution in [0.1, 0.15) is 41.6 Å². The number of hydrogen-bond acceptors (Lipinski definition) is 4.